The SMILES string of the molecule is Cc1cc(N)ncc1/C=N/O. The normalized spacial score (nSPS) is 10.6. The van der Waals surface area contributed by atoms with Gasteiger partial charge in [0.15, 0.2) is 0 Å². The van der Waals surface area contributed by atoms with Crippen LogP contribution in [0, 0.1) is 6.92 Å². The summed E-state index contributed by atoms with van der Waals surface area (Å²) in [4.78, 5) is 3.83. The minimum atomic E-state index is 0.470. The molecule has 1 heterocycles. The average Bonchev–Trinajstić information content (AvgIpc) is 1.95. The Hall–Kier alpha value is -1.58. The molecule has 4 heteroatoms. The highest BCUT2D eigenvalue weighted by Crippen LogP contribution is 2.06. The van der Waals surface area contributed by atoms with E-state index in [1.165, 1.54) is 6.21 Å². The molecule has 1 aromatic rings. The Balaban J connectivity index is 3.09. The molecule has 0 saturated heterocycles. The molecule has 0 amide bonds. The number of nitrogen functional groups attached to an aromatic ring is 1. The number of anilines is 1. The van der Waals surface area contributed by atoms with E-state index in [1.807, 2.05) is 6.92 Å². The van der Waals surface area contributed by atoms with Gasteiger partial charge in [-0.05, 0) is 18.6 Å². The van der Waals surface area contributed by atoms with E-state index in [-0.39, 0.29) is 0 Å². The maximum atomic E-state index is 8.22. The molecule has 0 aliphatic carbocycles. The van der Waals surface area contributed by atoms with Crippen LogP contribution in [0.2, 0.25) is 0 Å². The molecule has 0 spiro atoms. The Morgan fingerprint density at radius 2 is 2.45 bits per heavy atom. The van der Waals surface area contributed by atoms with Crippen molar-refractivity contribution in [2.45, 2.75) is 6.92 Å². The fourth-order valence-corrected chi connectivity index (χ4v) is 0.786. The molecular formula is C7H9N3O. The first-order valence-electron chi connectivity index (χ1n) is 3.13. The Labute approximate surface area is 64.4 Å². The number of aryl methyl sites for hydroxylation is 1. The van der Waals surface area contributed by atoms with Gasteiger partial charge in [0.05, 0.1) is 6.21 Å². The zero-order chi connectivity index (χ0) is 8.27. The molecule has 58 valence electrons. The fourth-order valence-electron chi connectivity index (χ4n) is 0.786. The standard InChI is InChI=1S/C7H9N3O/c1-5-2-7(8)9-3-6(5)4-10-11/h2-4,11H,1H3,(H2,8,9)/b10-4+. The van der Waals surface area contributed by atoms with Crippen molar-refractivity contribution >= 4 is 12.0 Å². The highest BCUT2D eigenvalue weighted by Gasteiger charge is 1.95. The number of pyridine rings is 1. The molecule has 0 radical (unpaired) electrons. The van der Waals surface area contributed by atoms with Gasteiger partial charge in [-0.2, -0.15) is 0 Å². The molecular weight excluding hydrogens is 142 g/mol. The number of hydrogen-bond acceptors (Lipinski definition) is 4. The van der Waals surface area contributed by atoms with Gasteiger partial charge in [0.25, 0.3) is 0 Å². The third-order valence-corrected chi connectivity index (χ3v) is 1.37. The summed E-state index contributed by atoms with van der Waals surface area (Å²) in [7, 11) is 0. The predicted molar refractivity (Wildman–Crippen MR) is 42.8 cm³/mol. The Morgan fingerprint density at radius 1 is 1.73 bits per heavy atom. The van der Waals surface area contributed by atoms with Crippen LogP contribution < -0.4 is 5.73 Å². The van der Waals surface area contributed by atoms with E-state index in [1.54, 1.807) is 12.3 Å². The Bertz CT molecular complexity index is 283. The number of aromatic nitrogens is 1. The molecule has 0 aliphatic heterocycles. The monoisotopic (exact) mass is 151 g/mol. The van der Waals surface area contributed by atoms with Crippen LogP contribution >= 0.6 is 0 Å². The van der Waals surface area contributed by atoms with Crippen molar-refractivity contribution in [3.05, 3.63) is 23.4 Å². The van der Waals surface area contributed by atoms with E-state index in [9.17, 15) is 0 Å². The second-order valence-corrected chi connectivity index (χ2v) is 2.21. The van der Waals surface area contributed by atoms with Crippen molar-refractivity contribution in [2.24, 2.45) is 5.16 Å². The van der Waals surface area contributed by atoms with Crippen LogP contribution in [0.5, 0.6) is 0 Å². The maximum Gasteiger partial charge on any atom is 0.123 e. The summed E-state index contributed by atoms with van der Waals surface area (Å²) in [5, 5.41) is 11.1. The van der Waals surface area contributed by atoms with Crippen molar-refractivity contribution in [3.63, 3.8) is 0 Å². The van der Waals surface area contributed by atoms with Crippen LogP contribution in [0.3, 0.4) is 0 Å². The molecule has 0 aliphatic rings. The van der Waals surface area contributed by atoms with Gasteiger partial charge in [-0.25, -0.2) is 4.98 Å². The van der Waals surface area contributed by atoms with Gasteiger partial charge in [0, 0.05) is 11.8 Å². The summed E-state index contributed by atoms with van der Waals surface area (Å²) in [6.07, 6.45) is 2.88. The first kappa shape index (κ1) is 7.53. The van der Waals surface area contributed by atoms with E-state index >= 15 is 0 Å². The fraction of sp³-hybridized carbons (Fsp3) is 0.143. The van der Waals surface area contributed by atoms with Gasteiger partial charge in [0.2, 0.25) is 0 Å². The minimum Gasteiger partial charge on any atom is -0.411 e. The first-order valence-corrected chi connectivity index (χ1v) is 3.13. The molecule has 4 nitrogen and oxygen atoms in total. The third kappa shape index (κ3) is 1.67. The van der Waals surface area contributed by atoms with Crippen molar-refractivity contribution in [1.29, 1.82) is 0 Å². The molecule has 11 heavy (non-hydrogen) atoms. The largest absolute Gasteiger partial charge is 0.411 e. The lowest BCUT2D eigenvalue weighted by molar-refractivity contribution is 0.322. The second kappa shape index (κ2) is 3.01. The highest BCUT2D eigenvalue weighted by atomic mass is 16.4. The Kier molecular flexibility index (Phi) is 2.06. The van der Waals surface area contributed by atoms with E-state index in [0.29, 0.717) is 5.82 Å². The smallest absolute Gasteiger partial charge is 0.123 e. The van der Waals surface area contributed by atoms with Gasteiger partial charge in [0.1, 0.15) is 5.82 Å². The highest BCUT2D eigenvalue weighted by molar-refractivity contribution is 5.80. The van der Waals surface area contributed by atoms with E-state index in [2.05, 4.69) is 10.1 Å². The topological polar surface area (TPSA) is 71.5 Å². The minimum absolute atomic E-state index is 0.470. The van der Waals surface area contributed by atoms with E-state index < -0.39 is 0 Å². The van der Waals surface area contributed by atoms with Gasteiger partial charge < -0.3 is 10.9 Å². The van der Waals surface area contributed by atoms with Crippen molar-refractivity contribution in [3.8, 4) is 0 Å². The van der Waals surface area contributed by atoms with Crippen molar-refractivity contribution < 1.29 is 5.21 Å². The van der Waals surface area contributed by atoms with Crippen LogP contribution in [0.4, 0.5) is 5.82 Å². The summed E-state index contributed by atoms with van der Waals surface area (Å²) in [6.45, 7) is 1.87. The molecule has 0 saturated carbocycles. The summed E-state index contributed by atoms with van der Waals surface area (Å²) in [5.41, 5.74) is 7.11. The third-order valence-electron chi connectivity index (χ3n) is 1.37. The lowest BCUT2D eigenvalue weighted by Gasteiger charge is -1.98. The first-order chi connectivity index (χ1) is 5.24. The number of hydrogen-bond donors (Lipinski definition) is 2. The maximum absolute atomic E-state index is 8.22. The zero-order valence-electron chi connectivity index (χ0n) is 6.15. The number of nitrogens with two attached hydrogens (primary N) is 1. The average molecular weight is 151 g/mol. The summed E-state index contributed by atoms with van der Waals surface area (Å²) in [5.74, 6) is 0.470. The van der Waals surface area contributed by atoms with Crippen LogP contribution in [-0.4, -0.2) is 16.4 Å². The number of rotatable bonds is 1. The second-order valence-electron chi connectivity index (χ2n) is 2.21. The van der Waals surface area contributed by atoms with Crippen LogP contribution in [0.1, 0.15) is 11.1 Å². The molecule has 0 bridgehead atoms. The van der Waals surface area contributed by atoms with Crippen molar-refractivity contribution in [1.82, 2.24) is 4.98 Å². The van der Waals surface area contributed by atoms with E-state index in [0.717, 1.165) is 11.1 Å². The lowest BCUT2D eigenvalue weighted by atomic mass is 10.2. The number of nitrogens with zero attached hydrogens (tertiary/aromatic N) is 2. The van der Waals surface area contributed by atoms with Gasteiger partial charge in [-0.15, -0.1) is 0 Å². The van der Waals surface area contributed by atoms with Gasteiger partial charge >= 0.3 is 0 Å². The Morgan fingerprint density at radius 3 is 3.00 bits per heavy atom. The van der Waals surface area contributed by atoms with Crippen LogP contribution in [0.15, 0.2) is 17.4 Å². The van der Waals surface area contributed by atoms with Gasteiger partial charge in [-0.3, -0.25) is 0 Å². The summed E-state index contributed by atoms with van der Waals surface area (Å²) in [6, 6.07) is 1.72. The quantitative estimate of drug-likeness (QED) is 0.354. The molecule has 0 atom stereocenters. The summed E-state index contributed by atoms with van der Waals surface area (Å²) < 4.78 is 0. The predicted octanol–water partition coefficient (Wildman–Crippen LogP) is 0.780. The molecule has 0 fully saturated rings. The van der Waals surface area contributed by atoms with E-state index in [4.69, 9.17) is 10.9 Å². The number of oxime groups is 1. The molecule has 0 aromatic carbocycles. The molecule has 1 aromatic heterocycles. The summed E-state index contributed by atoms with van der Waals surface area (Å²) >= 11 is 0. The van der Waals surface area contributed by atoms with Crippen LogP contribution in [-0.2, 0) is 0 Å². The van der Waals surface area contributed by atoms with Crippen LogP contribution in [0.25, 0.3) is 0 Å². The van der Waals surface area contributed by atoms with Crippen molar-refractivity contribution in [2.75, 3.05) is 5.73 Å². The molecule has 1 rings (SSSR count). The molecule has 3 N–H and O–H groups in total. The molecule has 0 unspecified atom stereocenters. The zero-order valence-corrected chi connectivity index (χ0v) is 6.15. The lowest BCUT2D eigenvalue weighted by Crippen LogP contribution is -1.94. The van der Waals surface area contributed by atoms with Gasteiger partial charge in [-0.1, -0.05) is 5.16 Å².